The standard InChI is InChI=1S/C15H26BrNO2/c1-2-19-14-7-12(8-14)9-15(18)17-10-11-4-3-5-13(16)6-11/h11-14H,2-10H2,1H3,(H,17,18). The number of ether oxygens (including phenoxy) is 1. The van der Waals surface area contributed by atoms with Crippen molar-refractivity contribution >= 4 is 21.8 Å². The van der Waals surface area contributed by atoms with Crippen molar-refractivity contribution in [3.63, 3.8) is 0 Å². The lowest BCUT2D eigenvalue weighted by atomic mass is 9.80. The third-order valence-corrected chi connectivity index (χ3v) is 5.21. The highest BCUT2D eigenvalue weighted by Crippen LogP contribution is 2.32. The Morgan fingerprint density at radius 2 is 2.05 bits per heavy atom. The van der Waals surface area contributed by atoms with Crippen LogP contribution in [0.3, 0.4) is 0 Å². The molecule has 2 atom stereocenters. The Labute approximate surface area is 125 Å². The SMILES string of the molecule is CCOC1CC(CC(=O)NCC2CCCC(Br)C2)C1. The zero-order valence-electron chi connectivity index (χ0n) is 11.9. The highest BCUT2D eigenvalue weighted by atomic mass is 79.9. The summed E-state index contributed by atoms with van der Waals surface area (Å²) in [7, 11) is 0. The summed E-state index contributed by atoms with van der Waals surface area (Å²) in [5.41, 5.74) is 0. The van der Waals surface area contributed by atoms with E-state index in [1.54, 1.807) is 0 Å². The Morgan fingerprint density at radius 3 is 2.74 bits per heavy atom. The first kappa shape index (κ1) is 15.3. The predicted octanol–water partition coefficient (Wildman–Crippen LogP) is 3.26. The van der Waals surface area contributed by atoms with E-state index in [0.717, 1.165) is 26.0 Å². The molecule has 0 aromatic rings. The number of hydrogen-bond donors (Lipinski definition) is 1. The van der Waals surface area contributed by atoms with Crippen molar-refractivity contribution in [3.8, 4) is 0 Å². The van der Waals surface area contributed by atoms with E-state index in [2.05, 4.69) is 21.2 Å². The second kappa shape index (κ2) is 7.63. The van der Waals surface area contributed by atoms with Gasteiger partial charge in [-0.2, -0.15) is 0 Å². The summed E-state index contributed by atoms with van der Waals surface area (Å²) in [4.78, 5) is 12.5. The van der Waals surface area contributed by atoms with Gasteiger partial charge < -0.3 is 10.1 Å². The number of amides is 1. The predicted molar refractivity (Wildman–Crippen MR) is 80.4 cm³/mol. The van der Waals surface area contributed by atoms with Crippen LogP contribution in [-0.4, -0.2) is 30.0 Å². The van der Waals surface area contributed by atoms with Gasteiger partial charge in [-0.1, -0.05) is 22.4 Å². The lowest BCUT2D eigenvalue weighted by Crippen LogP contribution is -2.37. The van der Waals surface area contributed by atoms with Crippen LogP contribution in [0.25, 0.3) is 0 Å². The molecule has 3 nitrogen and oxygen atoms in total. The van der Waals surface area contributed by atoms with Gasteiger partial charge in [-0.25, -0.2) is 0 Å². The highest BCUT2D eigenvalue weighted by Gasteiger charge is 2.31. The van der Waals surface area contributed by atoms with Gasteiger partial charge in [0.2, 0.25) is 5.91 Å². The number of carbonyl (C=O) groups is 1. The van der Waals surface area contributed by atoms with Gasteiger partial charge in [0, 0.05) is 24.4 Å². The maximum atomic E-state index is 11.9. The molecule has 110 valence electrons. The molecule has 1 N–H and O–H groups in total. The largest absolute Gasteiger partial charge is 0.378 e. The number of halogens is 1. The zero-order valence-corrected chi connectivity index (χ0v) is 13.5. The lowest BCUT2D eigenvalue weighted by molar-refractivity contribution is -0.124. The second-order valence-corrected chi connectivity index (χ2v) is 7.35. The molecule has 0 bridgehead atoms. The van der Waals surface area contributed by atoms with Crippen LogP contribution in [0.15, 0.2) is 0 Å². The van der Waals surface area contributed by atoms with Crippen LogP contribution in [0.1, 0.15) is 51.9 Å². The van der Waals surface area contributed by atoms with Crippen LogP contribution >= 0.6 is 15.9 Å². The third kappa shape index (κ3) is 5.07. The van der Waals surface area contributed by atoms with Gasteiger partial charge in [0.15, 0.2) is 0 Å². The van der Waals surface area contributed by atoms with E-state index in [1.165, 1.54) is 25.7 Å². The molecule has 0 aromatic heterocycles. The van der Waals surface area contributed by atoms with Crippen LogP contribution in [0.2, 0.25) is 0 Å². The molecule has 0 aliphatic heterocycles. The maximum absolute atomic E-state index is 11.9. The van der Waals surface area contributed by atoms with Gasteiger partial charge in [-0.15, -0.1) is 0 Å². The lowest BCUT2D eigenvalue weighted by Gasteiger charge is -2.34. The first-order valence-electron chi connectivity index (χ1n) is 7.69. The molecule has 19 heavy (non-hydrogen) atoms. The molecule has 2 unspecified atom stereocenters. The molecule has 2 rings (SSSR count). The van der Waals surface area contributed by atoms with Crippen molar-refractivity contribution in [1.82, 2.24) is 5.32 Å². The van der Waals surface area contributed by atoms with Gasteiger partial charge in [0.1, 0.15) is 0 Å². The molecule has 2 saturated carbocycles. The fourth-order valence-corrected chi connectivity index (χ4v) is 4.07. The highest BCUT2D eigenvalue weighted by molar-refractivity contribution is 9.09. The molecule has 4 heteroatoms. The second-order valence-electron chi connectivity index (χ2n) is 6.05. The van der Waals surface area contributed by atoms with E-state index in [0.29, 0.717) is 29.2 Å². The molecule has 0 radical (unpaired) electrons. The smallest absolute Gasteiger partial charge is 0.220 e. The first-order valence-corrected chi connectivity index (χ1v) is 8.61. The van der Waals surface area contributed by atoms with E-state index < -0.39 is 0 Å². The van der Waals surface area contributed by atoms with Crippen LogP contribution in [0.5, 0.6) is 0 Å². The van der Waals surface area contributed by atoms with Gasteiger partial charge in [0.25, 0.3) is 0 Å². The van der Waals surface area contributed by atoms with Crippen molar-refractivity contribution in [2.75, 3.05) is 13.2 Å². The zero-order chi connectivity index (χ0) is 13.7. The van der Waals surface area contributed by atoms with Crippen molar-refractivity contribution in [1.29, 1.82) is 0 Å². The van der Waals surface area contributed by atoms with Gasteiger partial charge in [0.05, 0.1) is 6.10 Å². The summed E-state index contributed by atoms with van der Waals surface area (Å²) < 4.78 is 5.52. The Morgan fingerprint density at radius 1 is 1.26 bits per heavy atom. The monoisotopic (exact) mass is 331 g/mol. The van der Waals surface area contributed by atoms with Crippen LogP contribution in [0, 0.1) is 11.8 Å². The normalized spacial score (nSPS) is 34.6. The topological polar surface area (TPSA) is 38.3 Å². The first-order chi connectivity index (χ1) is 9.17. The van der Waals surface area contributed by atoms with Gasteiger partial charge >= 0.3 is 0 Å². The third-order valence-electron chi connectivity index (χ3n) is 4.38. The summed E-state index contributed by atoms with van der Waals surface area (Å²) in [6, 6.07) is 0. The number of carbonyl (C=O) groups excluding carboxylic acids is 1. The van der Waals surface area contributed by atoms with Crippen LogP contribution in [0.4, 0.5) is 0 Å². The molecule has 0 heterocycles. The molecule has 0 spiro atoms. The Balaban J connectivity index is 1.55. The molecular weight excluding hydrogens is 306 g/mol. The van der Waals surface area contributed by atoms with Crippen molar-refractivity contribution in [2.24, 2.45) is 11.8 Å². The van der Waals surface area contributed by atoms with Crippen LogP contribution < -0.4 is 5.32 Å². The molecule has 2 aliphatic carbocycles. The van der Waals surface area contributed by atoms with Crippen molar-refractivity contribution in [2.45, 2.75) is 62.8 Å². The minimum Gasteiger partial charge on any atom is -0.378 e. The number of hydrogen-bond acceptors (Lipinski definition) is 2. The molecule has 1 amide bonds. The molecule has 0 aromatic carbocycles. The van der Waals surface area contributed by atoms with E-state index in [-0.39, 0.29) is 5.91 Å². The van der Waals surface area contributed by atoms with E-state index in [1.807, 2.05) is 6.92 Å². The molecular formula is C15H26BrNO2. The molecule has 0 saturated heterocycles. The summed E-state index contributed by atoms with van der Waals surface area (Å²) >= 11 is 3.69. The van der Waals surface area contributed by atoms with E-state index in [9.17, 15) is 4.79 Å². The van der Waals surface area contributed by atoms with Gasteiger partial charge in [-0.05, 0) is 50.9 Å². The summed E-state index contributed by atoms with van der Waals surface area (Å²) in [5, 5.41) is 3.12. The summed E-state index contributed by atoms with van der Waals surface area (Å²) in [6.07, 6.45) is 8.26. The Kier molecular flexibility index (Phi) is 6.14. The van der Waals surface area contributed by atoms with E-state index in [4.69, 9.17) is 4.74 Å². The fourth-order valence-electron chi connectivity index (χ4n) is 3.22. The minimum atomic E-state index is 0.233. The van der Waals surface area contributed by atoms with E-state index >= 15 is 0 Å². The maximum Gasteiger partial charge on any atom is 0.220 e. The number of nitrogens with one attached hydrogen (secondary N) is 1. The van der Waals surface area contributed by atoms with Crippen LogP contribution in [-0.2, 0) is 9.53 Å². The fraction of sp³-hybridized carbons (Fsp3) is 0.933. The van der Waals surface area contributed by atoms with Crippen molar-refractivity contribution < 1.29 is 9.53 Å². The Bertz CT molecular complexity index is 292. The average Bonchev–Trinajstić information content (AvgIpc) is 2.34. The number of alkyl halides is 1. The molecule has 2 aliphatic rings. The average molecular weight is 332 g/mol. The molecule has 2 fully saturated rings. The number of rotatable bonds is 6. The van der Waals surface area contributed by atoms with Crippen molar-refractivity contribution in [3.05, 3.63) is 0 Å². The summed E-state index contributed by atoms with van der Waals surface area (Å²) in [6.45, 7) is 3.68. The van der Waals surface area contributed by atoms with Gasteiger partial charge in [-0.3, -0.25) is 4.79 Å². The quantitative estimate of drug-likeness (QED) is 0.758. The summed E-state index contributed by atoms with van der Waals surface area (Å²) in [5.74, 6) is 1.45. The minimum absolute atomic E-state index is 0.233. The Hall–Kier alpha value is -0.0900.